The summed E-state index contributed by atoms with van der Waals surface area (Å²) in [6.07, 6.45) is 1.07. The van der Waals surface area contributed by atoms with Crippen LogP contribution in [-0.2, 0) is 6.54 Å². The quantitative estimate of drug-likeness (QED) is 0.657. The smallest absolute Gasteiger partial charge is 0.0235 e. The summed E-state index contributed by atoms with van der Waals surface area (Å²) < 4.78 is 0. The Balaban J connectivity index is 2.54. The van der Waals surface area contributed by atoms with Crippen LogP contribution in [-0.4, -0.2) is 23.9 Å². The first-order chi connectivity index (χ1) is 8.17. The average Bonchev–Trinajstić information content (AvgIpc) is 2.35. The van der Waals surface area contributed by atoms with Gasteiger partial charge in [0.05, 0.1) is 0 Å². The van der Waals surface area contributed by atoms with E-state index in [0.29, 0.717) is 5.92 Å². The van der Waals surface area contributed by atoms with Crippen molar-refractivity contribution < 1.29 is 0 Å². The van der Waals surface area contributed by atoms with Crippen molar-refractivity contribution in [2.24, 2.45) is 0 Å². The van der Waals surface area contributed by atoms with Crippen LogP contribution in [0.4, 0.5) is 0 Å². The first-order valence-electron chi connectivity index (χ1n) is 6.54. The van der Waals surface area contributed by atoms with Crippen molar-refractivity contribution in [3.8, 4) is 0 Å². The first-order valence-corrected chi connectivity index (χ1v) is 7.08. The predicted molar refractivity (Wildman–Crippen MR) is 76.8 cm³/mol. The first kappa shape index (κ1) is 14.5. The molecule has 1 rings (SSSR count). The molecule has 0 aliphatic carbocycles. The molecule has 17 heavy (non-hydrogen) atoms. The molecule has 1 nitrogen and oxygen atoms in total. The Kier molecular flexibility index (Phi) is 6.61. The predicted octanol–water partition coefficient (Wildman–Crippen LogP) is 4.26. The lowest BCUT2D eigenvalue weighted by molar-refractivity contribution is 0.281. The van der Waals surface area contributed by atoms with E-state index in [1.165, 1.54) is 11.1 Å². The molecule has 0 amide bonds. The molecule has 1 aromatic rings. The zero-order valence-corrected chi connectivity index (χ0v) is 12.0. The van der Waals surface area contributed by atoms with Gasteiger partial charge < -0.3 is 0 Å². The summed E-state index contributed by atoms with van der Waals surface area (Å²) in [4.78, 5) is 2.44. The minimum absolute atomic E-state index is 0.613. The van der Waals surface area contributed by atoms with Crippen molar-refractivity contribution >= 4 is 11.6 Å². The third-order valence-electron chi connectivity index (χ3n) is 3.11. The third-order valence-corrected chi connectivity index (χ3v) is 3.38. The lowest BCUT2D eigenvalue weighted by Gasteiger charge is -2.20. The maximum absolute atomic E-state index is 5.73. The van der Waals surface area contributed by atoms with E-state index in [-0.39, 0.29) is 0 Å². The van der Waals surface area contributed by atoms with Gasteiger partial charge in [0.25, 0.3) is 0 Å². The van der Waals surface area contributed by atoms with E-state index in [1.807, 2.05) is 0 Å². The highest BCUT2D eigenvalue weighted by atomic mass is 35.5. The molecule has 0 bridgehead atoms. The Bertz CT molecular complexity index is 305. The van der Waals surface area contributed by atoms with Gasteiger partial charge in [0.1, 0.15) is 0 Å². The second kappa shape index (κ2) is 7.73. The highest BCUT2D eigenvalue weighted by molar-refractivity contribution is 6.17. The fourth-order valence-corrected chi connectivity index (χ4v) is 2.02. The van der Waals surface area contributed by atoms with Crippen LogP contribution < -0.4 is 0 Å². The number of halogens is 1. The van der Waals surface area contributed by atoms with Crippen LogP contribution in [0.5, 0.6) is 0 Å². The largest absolute Gasteiger partial charge is 0.299 e. The highest BCUT2D eigenvalue weighted by Gasteiger charge is 2.04. The molecule has 0 fully saturated rings. The van der Waals surface area contributed by atoms with Crippen LogP contribution in [0.3, 0.4) is 0 Å². The molecule has 0 heterocycles. The van der Waals surface area contributed by atoms with Crippen molar-refractivity contribution in [2.75, 3.05) is 19.0 Å². The number of hydrogen-bond donors (Lipinski definition) is 0. The molecule has 0 unspecified atom stereocenters. The summed E-state index contributed by atoms with van der Waals surface area (Å²) in [6, 6.07) is 8.99. The SMILES string of the molecule is CCN(CCCCl)Cc1ccc(C(C)C)cc1. The Morgan fingerprint density at radius 2 is 1.82 bits per heavy atom. The van der Waals surface area contributed by atoms with Crippen LogP contribution in [0, 0.1) is 0 Å². The van der Waals surface area contributed by atoms with Crippen molar-refractivity contribution in [2.45, 2.75) is 39.7 Å². The number of rotatable bonds is 7. The minimum atomic E-state index is 0.613. The molecule has 1 aromatic carbocycles. The Hall–Kier alpha value is -0.530. The van der Waals surface area contributed by atoms with Gasteiger partial charge in [-0.15, -0.1) is 11.6 Å². The molecule has 0 aromatic heterocycles. The van der Waals surface area contributed by atoms with Crippen molar-refractivity contribution in [1.82, 2.24) is 4.90 Å². The van der Waals surface area contributed by atoms with Gasteiger partial charge in [0, 0.05) is 12.4 Å². The van der Waals surface area contributed by atoms with Crippen molar-refractivity contribution in [3.63, 3.8) is 0 Å². The molecular weight excluding hydrogens is 230 g/mol. The van der Waals surface area contributed by atoms with Crippen LogP contribution in [0.15, 0.2) is 24.3 Å². The van der Waals surface area contributed by atoms with Gasteiger partial charge in [0.15, 0.2) is 0 Å². The normalized spacial score (nSPS) is 11.4. The summed E-state index contributed by atoms with van der Waals surface area (Å²) in [5.41, 5.74) is 2.81. The maximum atomic E-state index is 5.73. The lowest BCUT2D eigenvalue weighted by atomic mass is 10.0. The van der Waals surface area contributed by atoms with Crippen molar-refractivity contribution in [1.29, 1.82) is 0 Å². The molecule has 0 spiro atoms. The molecule has 96 valence electrons. The molecule has 0 aliphatic heterocycles. The van der Waals surface area contributed by atoms with Crippen LogP contribution in [0.1, 0.15) is 44.2 Å². The van der Waals surface area contributed by atoms with Gasteiger partial charge in [-0.25, -0.2) is 0 Å². The molecule has 0 radical (unpaired) electrons. The van der Waals surface area contributed by atoms with Gasteiger partial charge in [-0.1, -0.05) is 45.0 Å². The fourth-order valence-electron chi connectivity index (χ4n) is 1.90. The molecule has 0 saturated heterocycles. The molecule has 0 aliphatic rings. The van der Waals surface area contributed by atoms with E-state index in [2.05, 4.69) is 49.9 Å². The maximum Gasteiger partial charge on any atom is 0.0235 e. The molecule has 0 saturated carbocycles. The summed E-state index contributed by atoms with van der Waals surface area (Å²) in [5, 5.41) is 0. The second-order valence-corrected chi connectivity index (χ2v) is 5.19. The van der Waals surface area contributed by atoms with Gasteiger partial charge in [-0.3, -0.25) is 4.90 Å². The fraction of sp³-hybridized carbons (Fsp3) is 0.600. The number of hydrogen-bond acceptors (Lipinski definition) is 1. The van der Waals surface area contributed by atoms with Gasteiger partial charge in [-0.2, -0.15) is 0 Å². The van der Waals surface area contributed by atoms with E-state index < -0.39 is 0 Å². The standard InChI is InChI=1S/C15H24ClN/c1-4-17(11-5-10-16)12-14-6-8-15(9-7-14)13(2)3/h6-9,13H,4-5,10-12H2,1-3H3. The highest BCUT2D eigenvalue weighted by Crippen LogP contribution is 2.15. The Labute approximate surface area is 111 Å². The van der Waals surface area contributed by atoms with E-state index in [0.717, 1.165) is 31.9 Å². The lowest BCUT2D eigenvalue weighted by Crippen LogP contribution is -2.24. The van der Waals surface area contributed by atoms with Crippen LogP contribution in [0.25, 0.3) is 0 Å². The van der Waals surface area contributed by atoms with E-state index in [1.54, 1.807) is 0 Å². The number of benzene rings is 1. The van der Waals surface area contributed by atoms with E-state index in [9.17, 15) is 0 Å². The average molecular weight is 254 g/mol. The molecule has 0 N–H and O–H groups in total. The molecular formula is C15H24ClN. The molecule has 0 atom stereocenters. The topological polar surface area (TPSA) is 3.24 Å². The summed E-state index contributed by atoms with van der Waals surface area (Å²) >= 11 is 5.73. The number of alkyl halides is 1. The van der Waals surface area contributed by atoms with Gasteiger partial charge in [0.2, 0.25) is 0 Å². The zero-order chi connectivity index (χ0) is 12.7. The Morgan fingerprint density at radius 3 is 2.29 bits per heavy atom. The van der Waals surface area contributed by atoms with Crippen LogP contribution in [0.2, 0.25) is 0 Å². The third kappa shape index (κ3) is 5.10. The summed E-state index contributed by atoms with van der Waals surface area (Å²) in [5.74, 6) is 1.37. The Morgan fingerprint density at radius 1 is 1.18 bits per heavy atom. The molecule has 2 heteroatoms. The van der Waals surface area contributed by atoms with Crippen LogP contribution >= 0.6 is 11.6 Å². The van der Waals surface area contributed by atoms with E-state index in [4.69, 9.17) is 11.6 Å². The van der Waals surface area contributed by atoms with E-state index >= 15 is 0 Å². The summed E-state index contributed by atoms with van der Waals surface area (Å²) in [6.45, 7) is 9.87. The summed E-state index contributed by atoms with van der Waals surface area (Å²) in [7, 11) is 0. The monoisotopic (exact) mass is 253 g/mol. The van der Waals surface area contributed by atoms with Gasteiger partial charge in [-0.05, 0) is 36.6 Å². The zero-order valence-electron chi connectivity index (χ0n) is 11.2. The second-order valence-electron chi connectivity index (χ2n) is 4.81. The van der Waals surface area contributed by atoms with Crippen molar-refractivity contribution in [3.05, 3.63) is 35.4 Å². The minimum Gasteiger partial charge on any atom is -0.299 e. The van der Waals surface area contributed by atoms with Gasteiger partial charge >= 0.3 is 0 Å². The number of nitrogens with zero attached hydrogens (tertiary/aromatic N) is 1.